The Morgan fingerprint density at radius 3 is 1.89 bits per heavy atom. The zero-order valence-electron chi connectivity index (χ0n) is 37.4. The van der Waals surface area contributed by atoms with Crippen LogP contribution in [0.25, 0.3) is 27.9 Å². The lowest BCUT2D eigenvalue weighted by Gasteiger charge is -2.25. The molecule has 2 aliphatic carbocycles. The van der Waals surface area contributed by atoms with Crippen molar-refractivity contribution < 1.29 is 104 Å². The van der Waals surface area contributed by atoms with Gasteiger partial charge in [0.25, 0.3) is 42.2 Å². The standard InChI is InChI=1S/C38H40N8O23S5/c1-38(37(54)69-46-26(47)6-7-27(46)48)10-8-17(18(9-11-38)36(52)53)28-19-2-4-21(39)31-29(19)68-30-20(28)3-5-22(40)32(30)74(66,67)45-25(16-72(61,62)63)35(51)44-24(15-71(58,59)60)34(50)43-23(14-70(55,56)57)33(49)41-12-13-42-73(31,64)65/h2-5,8-11,23-25,39,42,45H,6-7,12-16,40H2,1H3,(H,41,49)(H,43,50)(H,44,51)(H,52,53)(H,55,56,57)(H,58,59,60)(H,61,62,63). The number of nitrogens with two attached hydrogens (primary N) is 1. The lowest BCUT2D eigenvalue weighted by Crippen LogP contribution is -2.60. The van der Waals surface area contributed by atoms with Gasteiger partial charge in [0.1, 0.15) is 45.7 Å². The zero-order chi connectivity index (χ0) is 55.3. The number of sulfonamides is 2. The summed E-state index contributed by atoms with van der Waals surface area (Å²) < 4.78 is 169. The van der Waals surface area contributed by atoms with Crippen molar-refractivity contribution in [2.45, 2.75) is 47.7 Å². The average Bonchev–Trinajstić information content (AvgIpc) is 3.45. The van der Waals surface area contributed by atoms with Gasteiger partial charge in [-0.15, -0.1) is 5.06 Å². The summed E-state index contributed by atoms with van der Waals surface area (Å²) in [6, 6.07) is -4.25. The first-order chi connectivity index (χ1) is 34.0. The smallest absolute Gasteiger partial charge is 0.346 e. The van der Waals surface area contributed by atoms with Gasteiger partial charge >= 0.3 is 11.9 Å². The molecule has 5 aliphatic rings. The van der Waals surface area contributed by atoms with Crippen molar-refractivity contribution in [1.29, 1.82) is 5.41 Å². The first-order valence-corrected chi connectivity index (χ1v) is 28.4. The second-order valence-corrected chi connectivity index (χ2v) is 24.3. The Balaban J connectivity index is 1.66. The van der Waals surface area contributed by atoms with Gasteiger partial charge in [-0.05, 0) is 42.8 Å². The number of hydrogen-bond acceptors (Lipinski definition) is 21. The fraction of sp³-hybridized carbons (Fsp3) is 0.316. The number of imide groups is 1. The fourth-order valence-corrected chi connectivity index (χ4v) is 12.3. The maximum Gasteiger partial charge on any atom is 0.346 e. The number of benzene rings is 2. The monoisotopic (exact) mass is 1140 g/mol. The molecule has 4 atom stereocenters. The summed E-state index contributed by atoms with van der Waals surface area (Å²) in [7, 11) is -27.2. The van der Waals surface area contributed by atoms with Gasteiger partial charge in [0.2, 0.25) is 37.8 Å². The quantitative estimate of drug-likeness (QED) is 0.0397. The van der Waals surface area contributed by atoms with Crippen LogP contribution in [0.15, 0.2) is 68.4 Å². The molecule has 5 amide bonds. The highest BCUT2D eigenvalue weighted by Gasteiger charge is 2.42. The highest BCUT2D eigenvalue weighted by molar-refractivity contribution is 7.90. The number of hydrogen-bond donors (Lipinski definition) is 11. The first kappa shape index (κ1) is 56.3. The maximum absolute atomic E-state index is 14.7. The predicted molar refractivity (Wildman–Crippen MR) is 247 cm³/mol. The molecule has 1 aromatic rings. The molecular weight excluding hydrogens is 1100 g/mol. The molecule has 0 aromatic heterocycles. The Morgan fingerprint density at radius 1 is 0.784 bits per heavy atom. The maximum atomic E-state index is 14.7. The number of hydroxylamine groups is 2. The molecule has 4 unspecified atom stereocenters. The van der Waals surface area contributed by atoms with Gasteiger partial charge in [0.05, 0.1) is 16.6 Å². The van der Waals surface area contributed by atoms with E-state index in [1.807, 2.05) is 10.0 Å². The van der Waals surface area contributed by atoms with Gasteiger partial charge in [0.15, 0.2) is 16.2 Å². The van der Waals surface area contributed by atoms with Gasteiger partial charge in [-0.2, -0.15) is 30.0 Å². The van der Waals surface area contributed by atoms with Crippen LogP contribution in [-0.4, -0.2) is 156 Å². The van der Waals surface area contributed by atoms with Crippen molar-refractivity contribution in [3.63, 3.8) is 0 Å². The number of amides is 5. The minimum absolute atomic E-state index is 0.212. The number of anilines is 1. The molecule has 3 heterocycles. The number of carbonyl (C=O) groups excluding carboxylic acids is 6. The summed E-state index contributed by atoms with van der Waals surface area (Å²) in [4.78, 5) is 94.6. The molecular formula is C38H40N8O23S5. The Morgan fingerprint density at radius 2 is 1.32 bits per heavy atom. The van der Waals surface area contributed by atoms with Crippen molar-refractivity contribution in [3.8, 4) is 11.3 Å². The van der Waals surface area contributed by atoms with E-state index in [2.05, 4.69) is 0 Å². The van der Waals surface area contributed by atoms with E-state index < -0.39 is 206 Å². The molecule has 400 valence electrons. The summed E-state index contributed by atoms with van der Waals surface area (Å²) in [5.41, 5.74) is 0.114. The molecule has 74 heavy (non-hydrogen) atoms. The number of nitrogens with zero attached hydrogens (tertiary/aromatic N) is 1. The predicted octanol–water partition coefficient (Wildman–Crippen LogP) is -4.14. The zero-order valence-corrected chi connectivity index (χ0v) is 41.5. The number of carbonyl (C=O) groups is 7. The van der Waals surface area contributed by atoms with Crippen molar-refractivity contribution in [2.24, 2.45) is 5.41 Å². The third-order valence-electron chi connectivity index (χ3n) is 10.9. The summed E-state index contributed by atoms with van der Waals surface area (Å²) in [5.74, 6) is -16.7. The highest BCUT2D eigenvalue weighted by atomic mass is 32.2. The Kier molecular flexibility index (Phi) is 15.5. The lowest BCUT2D eigenvalue weighted by molar-refractivity contribution is -0.201. The SMILES string of the molecule is CC1(C(=O)ON2C(=O)CCC2=O)C=CC(C(=O)O)=C(c2c3ccc(=N)c4c-3oc3c(c(N)ccc23)S(=O)(=O)NC(CS(=O)(=O)O)C(=O)NC(CS(=O)(=O)O)C(=O)NC(CS(=O)(=O)O)C(=O)NCCNS4(=O)=O)C=C1. The van der Waals surface area contributed by atoms with Crippen LogP contribution in [0.3, 0.4) is 0 Å². The number of allylic oxidation sites excluding steroid dienone is 2. The largest absolute Gasteiger partial charge is 0.478 e. The summed E-state index contributed by atoms with van der Waals surface area (Å²) in [6.45, 7) is -0.544. The van der Waals surface area contributed by atoms with Crippen molar-refractivity contribution in [3.05, 3.63) is 65.1 Å². The molecule has 31 nitrogen and oxygen atoms in total. The van der Waals surface area contributed by atoms with Crippen LogP contribution in [0.4, 0.5) is 5.69 Å². The topological polar surface area (TPSA) is 507 Å². The number of carboxylic acids is 1. The Bertz CT molecular complexity index is 3670. The molecule has 36 heteroatoms. The minimum Gasteiger partial charge on any atom is -0.478 e. The van der Waals surface area contributed by atoms with Crippen molar-refractivity contribution >= 4 is 114 Å². The Labute approximate surface area is 417 Å². The molecule has 0 saturated carbocycles. The lowest BCUT2D eigenvalue weighted by atomic mass is 9.88. The van der Waals surface area contributed by atoms with Crippen LogP contribution in [0, 0.1) is 10.8 Å². The molecule has 0 radical (unpaired) electrons. The van der Waals surface area contributed by atoms with E-state index in [1.165, 1.54) is 6.92 Å². The second-order valence-electron chi connectivity index (χ2n) is 16.4. The molecule has 1 fully saturated rings. The van der Waals surface area contributed by atoms with Crippen LogP contribution in [0.5, 0.6) is 0 Å². The van der Waals surface area contributed by atoms with Crippen LogP contribution in [0.1, 0.15) is 25.3 Å². The highest BCUT2D eigenvalue weighted by Crippen LogP contribution is 2.45. The third-order valence-corrected chi connectivity index (χ3v) is 16.2. The van der Waals surface area contributed by atoms with Crippen LogP contribution >= 0.6 is 0 Å². The molecule has 12 N–H and O–H groups in total. The normalized spacial score (nSPS) is 23.4. The number of aliphatic carboxylic acids is 1. The molecule has 6 rings (SSSR count). The number of nitrogen functional groups attached to an aromatic ring is 1. The second kappa shape index (κ2) is 20.4. The van der Waals surface area contributed by atoms with E-state index in [-0.39, 0.29) is 17.9 Å². The molecule has 2 bridgehead atoms. The van der Waals surface area contributed by atoms with Gasteiger partial charge in [-0.3, -0.25) is 43.0 Å². The van der Waals surface area contributed by atoms with E-state index in [0.717, 1.165) is 48.6 Å². The third kappa shape index (κ3) is 12.5. The molecule has 1 saturated heterocycles. The van der Waals surface area contributed by atoms with Gasteiger partial charge < -0.3 is 36.0 Å². The number of nitrogens with one attached hydrogen (secondary N) is 6. The first-order valence-electron chi connectivity index (χ1n) is 20.6. The number of rotatable bonds is 10. The van der Waals surface area contributed by atoms with Crippen LogP contribution in [0.2, 0.25) is 0 Å². The molecule has 0 spiro atoms. The van der Waals surface area contributed by atoms with Gasteiger partial charge in [0, 0.05) is 42.4 Å². The fourth-order valence-electron chi connectivity index (χ4n) is 7.46. The van der Waals surface area contributed by atoms with E-state index >= 15 is 0 Å². The van der Waals surface area contributed by atoms with Gasteiger partial charge in [-0.25, -0.2) is 31.1 Å². The van der Waals surface area contributed by atoms with Crippen LogP contribution < -0.4 is 36.5 Å². The van der Waals surface area contributed by atoms with E-state index in [0.29, 0.717) is 0 Å². The number of carboxylic acid groups (broad SMARTS) is 1. The van der Waals surface area contributed by atoms with E-state index in [4.69, 9.17) is 20.4 Å². The molecule has 3 aliphatic heterocycles. The van der Waals surface area contributed by atoms with Gasteiger partial charge in [-0.1, -0.05) is 18.2 Å². The van der Waals surface area contributed by atoms with E-state index in [9.17, 15) is 94.4 Å². The van der Waals surface area contributed by atoms with Crippen LogP contribution in [-0.2, 0) is 88.8 Å². The van der Waals surface area contributed by atoms with E-state index in [1.54, 1.807) is 15.4 Å². The summed E-state index contributed by atoms with van der Waals surface area (Å²) >= 11 is 0. The van der Waals surface area contributed by atoms with Crippen molar-refractivity contribution in [1.82, 2.24) is 30.5 Å². The van der Waals surface area contributed by atoms with Crippen molar-refractivity contribution in [2.75, 3.05) is 36.1 Å². The summed E-state index contributed by atoms with van der Waals surface area (Å²) in [5, 5.41) is 23.5. The minimum atomic E-state index is -5.76. The Hall–Kier alpha value is -7.03. The summed E-state index contributed by atoms with van der Waals surface area (Å²) in [6.07, 6.45) is 3.25. The average molecular weight is 1140 g/mol. The molecule has 1 aromatic carbocycles.